The van der Waals surface area contributed by atoms with Crippen LogP contribution in [0.1, 0.15) is 16.7 Å². The Morgan fingerprint density at radius 2 is 1.75 bits per heavy atom. The van der Waals surface area contributed by atoms with Gasteiger partial charge in [0.25, 0.3) is 0 Å². The van der Waals surface area contributed by atoms with Crippen LogP contribution >= 0.6 is 15.9 Å². The van der Waals surface area contributed by atoms with E-state index in [1.807, 2.05) is 12.1 Å². The SMILES string of the molecule is Cc1ccc(CNCc2cc3c(cc2Br)OCO3)cc1. The van der Waals surface area contributed by atoms with Crippen molar-refractivity contribution in [3.8, 4) is 11.5 Å². The third kappa shape index (κ3) is 2.97. The van der Waals surface area contributed by atoms with Crippen molar-refractivity contribution in [1.82, 2.24) is 5.32 Å². The summed E-state index contributed by atoms with van der Waals surface area (Å²) in [6, 6.07) is 12.6. The topological polar surface area (TPSA) is 30.5 Å². The molecule has 3 rings (SSSR count). The van der Waals surface area contributed by atoms with Gasteiger partial charge in [-0.15, -0.1) is 0 Å². The van der Waals surface area contributed by atoms with E-state index >= 15 is 0 Å². The number of hydrogen-bond acceptors (Lipinski definition) is 3. The summed E-state index contributed by atoms with van der Waals surface area (Å²) in [7, 11) is 0. The highest BCUT2D eigenvalue weighted by Gasteiger charge is 2.15. The number of nitrogens with one attached hydrogen (secondary N) is 1. The monoisotopic (exact) mass is 333 g/mol. The first kappa shape index (κ1) is 13.5. The standard InChI is InChI=1S/C16H16BrNO2/c1-11-2-4-12(5-3-11)8-18-9-13-6-15-16(7-14(13)17)20-10-19-15/h2-7,18H,8-10H2,1H3. The van der Waals surface area contributed by atoms with E-state index in [2.05, 4.69) is 52.4 Å². The van der Waals surface area contributed by atoms with Gasteiger partial charge >= 0.3 is 0 Å². The Morgan fingerprint density at radius 3 is 2.50 bits per heavy atom. The summed E-state index contributed by atoms with van der Waals surface area (Å²) in [5.41, 5.74) is 3.74. The maximum atomic E-state index is 5.40. The lowest BCUT2D eigenvalue weighted by atomic mass is 10.1. The van der Waals surface area contributed by atoms with Gasteiger partial charge < -0.3 is 14.8 Å². The second-order valence-corrected chi connectivity index (χ2v) is 5.74. The second-order valence-electron chi connectivity index (χ2n) is 4.89. The lowest BCUT2D eigenvalue weighted by Crippen LogP contribution is -2.13. The Kier molecular flexibility index (Phi) is 3.94. The van der Waals surface area contributed by atoms with E-state index in [-0.39, 0.29) is 0 Å². The Labute approximate surface area is 127 Å². The molecule has 104 valence electrons. The molecule has 2 aromatic rings. The van der Waals surface area contributed by atoms with Crippen molar-refractivity contribution in [3.63, 3.8) is 0 Å². The van der Waals surface area contributed by atoms with Crippen LogP contribution < -0.4 is 14.8 Å². The quantitative estimate of drug-likeness (QED) is 0.923. The molecule has 4 heteroatoms. The number of rotatable bonds is 4. The Hall–Kier alpha value is -1.52. The molecule has 3 nitrogen and oxygen atoms in total. The summed E-state index contributed by atoms with van der Waals surface area (Å²) in [5, 5.41) is 3.44. The van der Waals surface area contributed by atoms with Gasteiger partial charge in [-0.1, -0.05) is 45.8 Å². The van der Waals surface area contributed by atoms with E-state index in [1.165, 1.54) is 16.7 Å². The summed E-state index contributed by atoms with van der Waals surface area (Å²) in [6.07, 6.45) is 0. The maximum Gasteiger partial charge on any atom is 0.231 e. The van der Waals surface area contributed by atoms with Crippen molar-refractivity contribution < 1.29 is 9.47 Å². The van der Waals surface area contributed by atoms with Crippen LogP contribution in [0.4, 0.5) is 0 Å². The van der Waals surface area contributed by atoms with Crippen molar-refractivity contribution >= 4 is 15.9 Å². The third-order valence-corrected chi connectivity index (χ3v) is 4.04. The van der Waals surface area contributed by atoms with Crippen molar-refractivity contribution in [3.05, 3.63) is 57.6 Å². The number of halogens is 1. The minimum Gasteiger partial charge on any atom is -0.454 e. The van der Waals surface area contributed by atoms with E-state index in [0.717, 1.165) is 29.1 Å². The molecule has 1 aliphatic heterocycles. The minimum absolute atomic E-state index is 0.308. The van der Waals surface area contributed by atoms with Crippen molar-refractivity contribution in [2.24, 2.45) is 0 Å². The van der Waals surface area contributed by atoms with Gasteiger partial charge in [-0.2, -0.15) is 0 Å². The zero-order chi connectivity index (χ0) is 13.9. The molecule has 0 unspecified atom stereocenters. The first-order valence-electron chi connectivity index (χ1n) is 6.56. The molecule has 2 aromatic carbocycles. The molecule has 0 fully saturated rings. The van der Waals surface area contributed by atoms with Crippen LogP contribution in [0.2, 0.25) is 0 Å². The van der Waals surface area contributed by atoms with Crippen molar-refractivity contribution in [2.45, 2.75) is 20.0 Å². The average Bonchev–Trinajstić information content (AvgIpc) is 2.88. The smallest absolute Gasteiger partial charge is 0.231 e. The van der Waals surface area contributed by atoms with Crippen LogP contribution in [-0.2, 0) is 13.1 Å². The molecule has 0 atom stereocenters. The number of hydrogen-bond donors (Lipinski definition) is 1. The van der Waals surface area contributed by atoms with E-state index in [0.29, 0.717) is 6.79 Å². The Balaban J connectivity index is 1.62. The molecule has 0 bridgehead atoms. The fourth-order valence-corrected chi connectivity index (χ4v) is 2.60. The minimum atomic E-state index is 0.308. The van der Waals surface area contributed by atoms with Gasteiger partial charge in [0.1, 0.15) is 0 Å². The molecule has 0 saturated heterocycles. The highest BCUT2D eigenvalue weighted by atomic mass is 79.9. The first-order chi connectivity index (χ1) is 9.72. The predicted molar refractivity (Wildman–Crippen MR) is 82.0 cm³/mol. The Bertz CT molecular complexity index is 611. The first-order valence-corrected chi connectivity index (χ1v) is 7.36. The molecule has 1 N–H and O–H groups in total. The van der Waals surface area contributed by atoms with Crippen molar-refractivity contribution in [1.29, 1.82) is 0 Å². The zero-order valence-corrected chi connectivity index (χ0v) is 12.9. The van der Waals surface area contributed by atoms with Crippen LogP contribution in [0, 0.1) is 6.92 Å². The average molecular weight is 334 g/mol. The van der Waals surface area contributed by atoms with E-state index in [9.17, 15) is 0 Å². The molecule has 1 aliphatic rings. The highest BCUT2D eigenvalue weighted by Crippen LogP contribution is 2.36. The molecule has 0 radical (unpaired) electrons. The van der Waals surface area contributed by atoms with E-state index < -0.39 is 0 Å². The largest absolute Gasteiger partial charge is 0.454 e. The normalized spacial score (nSPS) is 12.7. The van der Waals surface area contributed by atoms with Gasteiger partial charge in [0.05, 0.1) is 0 Å². The number of aryl methyl sites for hydroxylation is 1. The summed E-state index contributed by atoms with van der Waals surface area (Å²) in [6.45, 7) is 4.04. The zero-order valence-electron chi connectivity index (χ0n) is 11.3. The van der Waals surface area contributed by atoms with Gasteiger partial charge in [0, 0.05) is 17.6 Å². The van der Waals surface area contributed by atoms with E-state index in [1.54, 1.807) is 0 Å². The van der Waals surface area contributed by atoms with Gasteiger partial charge in [0.2, 0.25) is 6.79 Å². The fourth-order valence-electron chi connectivity index (χ4n) is 2.14. The van der Waals surface area contributed by atoms with Crippen LogP contribution in [0.3, 0.4) is 0 Å². The number of ether oxygens (including phenoxy) is 2. The summed E-state index contributed by atoms with van der Waals surface area (Å²) < 4.78 is 11.8. The maximum absolute atomic E-state index is 5.40. The molecule has 1 heterocycles. The van der Waals surface area contributed by atoms with Gasteiger partial charge in [-0.05, 0) is 30.2 Å². The number of benzene rings is 2. The van der Waals surface area contributed by atoms with Gasteiger partial charge in [-0.25, -0.2) is 0 Å². The molecule has 0 aromatic heterocycles. The summed E-state index contributed by atoms with van der Waals surface area (Å²) >= 11 is 3.57. The second kappa shape index (κ2) is 5.85. The summed E-state index contributed by atoms with van der Waals surface area (Å²) in [4.78, 5) is 0. The lowest BCUT2D eigenvalue weighted by molar-refractivity contribution is 0.174. The van der Waals surface area contributed by atoms with Gasteiger partial charge in [-0.3, -0.25) is 0 Å². The fraction of sp³-hybridized carbons (Fsp3) is 0.250. The van der Waals surface area contributed by atoms with E-state index in [4.69, 9.17) is 9.47 Å². The molecular weight excluding hydrogens is 318 g/mol. The number of fused-ring (bicyclic) bond motifs is 1. The van der Waals surface area contributed by atoms with Crippen LogP contribution in [0.5, 0.6) is 11.5 Å². The highest BCUT2D eigenvalue weighted by molar-refractivity contribution is 9.10. The van der Waals surface area contributed by atoms with Crippen LogP contribution in [-0.4, -0.2) is 6.79 Å². The predicted octanol–water partition coefficient (Wildman–Crippen LogP) is 3.78. The third-order valence-electron chi connectivity index (χ3n) is 3.31. The molecule has 0 amide bonds. The molecule has 20 heavy (non-hydrogen) atoms. The molecule has 0 spiro atoms. The molecular formula is C16H16BrNO2. The van der Waals surface area contributed by atoms with Crippen molar-refractivity contribution in [2.75, 3.05) is 6.79 Å². The molecule has 0 aliphatic carbocycles. The van der Waals surface area contributed by atoms with Gasteiger partial charge in [0.15, 0.2) is 11.5 Å². The summed E-state index contributed by atoms with van der Waals surface area (Å²) in [5.74, 6) is 1.62. The van der Waals surface area contributed by atoms with Crippen LogP contribution in [0.25, 0.3) is 0 Å². The Morgan fingerprint density at radius 1 is 1.05 bits per heavy atom. The lowest BCUT2D eigenvalue weighted by Gasteiger charge is -2.08. The van der Waals surface area contributed by atoms with Crippen LogP contribution in [0.15, 0.2) is 40.9 Å². The molecule has 0 saturated carbocycles.